The molecule has 0 radical (unpaired) electrons. The number of carboxylic acid groups (broad SMARTS) is 1. The van der Waals surface area contributed by atoms with Gasteiger partial charge in [-0.15, -0.1) is 0 Å². The number of nitrogens with two attached hydrogens (primary N) is 1. The molecule has 0 aromatic heterocycles. The Morgan fingerprint density at radius 1 is 1.13 bits per heavy atom. The van der Waals surface area contributed by atoms with Gasteiger partial charge in [-0.1, -0.05) is 54.1 Å². The van der Waals surface area contributed by atoms with Gasteiger partial charge in [0.1, 0.15) is 6.10 Å². The van der Waals surface area contributed by atoms with Crippen LogP contribution in [0.2, 0.25) is 5.02 Å². The molecule has 0 aliphatic carbocycles. The minimum absolute atomic E-state index is 0.283. The maximum atomic E-state index is 10.5. The number of hydrogen-bond acceptors (Lipinski definition) is 3. The van der Waals surface area contributed by atoms with E-state index >= 15 is 0 Å². The zero-order valence-electron chi connectivity index (χ0n) is 13.3. The van der Waals surface area contributed by atoms with Crippen molar-refractivity contribution in [3.8, 4) is 11.1 Å². The van der Waals surface area contributed by atoms with Gasteiger partial charge in [0.25, 0.3) is 0 Å². The summed E-state index contributed by atoms with van der Waals surface area (Å²) in [7, 11) is 0. The number of aliphatic hydroxyl groups excluding tert-OH is 1. The van der Waals surface area contributed by atoms with Crippen LogP contribution in [-0.2, 0) is 4.79 Å². The van der Waals surface area contributed by atoms with Gasteiger partial charge in [-0.2, -0.15) is 0 Å². The van der Waals surface area contributed by atoms with Gasteiger partial charge in [-0.05, 0) is 31.0 Å². The maximum Gasteiger partial charge on any atom is 0.118 e. The van der Waals surface area contributed by atoms with Crippen LogP contribution in [-0.4, -0.2) is 24.2 Å². The Morgan fingerprint density at radius 3 is 2.13 bits per heavy atom. The van der Waals surface area contributed by atoms with Crippen LogP contribution in [0.3, 0.4) is 0 Å². The molecule has 0 fully saturated rings. The molecular formula is C18H22ClNO3. The number of quaternary nitrogens is 1. The van der Waals surface area contributed by atoms with Crippen LogP contribution in [0.25, 0.3) is 11.1 Å². The van der Waals surface area contributed by atoms with Crippen molar-refractivity contribution in [1.82, 2.24) is 0 Å². The molecule has 0 aliphatic rings. The Hall–Kier alpha value is -1.88. The predicted molar refractivity (Wildman–Crippen MR) is 89.9 cm³/mol. The van der Waals surface area contributed by atoms with E-state index in [4.69, 9.17) is 11.6 Å². The second-order valence-corrected chi connectivity index (χ2v) is 5.34. The third kappa shape index (κ3) is 6.02. The average molecular weight is 336 g/mol. The Morgan fingerprint density at radius 2 is 1.70 bits per heavy atom. The standard InChI is InChI=1S/C14H11ClO3.C4H11N/c15-12-4-2-1-3-11(12)9-5-7-10(8-6-9)13(16)14(17)18;1-3-5-4-2/h1-8,13,16H,(H,17,18);5H,3-4H2,1-2H3. The van der Waals surface area contributed by atoms with Crippen molar-refractivity contribution < 1.29 is 20.3 Å². The van der Waals surface area contributed by atoms with Gasteiger partial charge in [0.2, 0.25) is 0 Å². The van der Waals surface area contributed by atoms with Crippen molar-refractivity contribution >= 4 is 17.6 Å². The normalized spacial score (nSPS) is 11.3. The van der Waals surface area contributed by atoms with E-state index in [1.807, 2.05) is 18.2 Å². The maximum absolute atomic E-state index is 10.5. The molecule has 3 N–H and O–H groups in total. The molecule has 0 saturated heterocycles. The molecular weight excluding hydrogens is 314 g/mol. The quantitative estimate of drug-likeness (QED) is 0.866. The molecule has 1 unspecified atom stereocenters. The number of aliphatic hydroxyl groups is 1. The van der Waals surface area contributed by atoms with Crippen molar-refractivity contribution in [2.45, 2.75) is 20.0 Å². The van der Waals surface area contributed by atoms with Gasteiger partial charge in [-0.25, -0.2) is 0 Å². The zero-order chi connectivity index (χ0) is 17.2. The lowest BCUT2D eigenvalue weighted by atomic mass is 10.0. The highest BCUT2D eigenvalue weighted by Crippen LogP contribution is 2.28. The first-order chi connectivity index (χ1) is 11.0. The molecule has 0 aliphatic heterocycles. The smallest absolute Gasteiger partial charge is 0.118 e. The van der Waals surface area contributed by atoms with E-state index in [0.29, 0.717) is 5.02 Å². The van der Waals surface area contributed by atoms with Crippen molar-refractivity contribution in [3.63, 3.8) is 0 Å². The van der Waals surface area contributed by atoms with E-state index in [1.165, 1.54) is 13.1 Å². The lowest BCUT2D eigenvalue weighted by Crippen LogP contribution is -2.82. The van der Waals surface area contributed by atoms with Gasteiger partial charge in [0.05, 0.1) is 19.1 Å². The second-order valence-electron chi connectivity index (χ2n) is 4.93. The summed E-state index contributed by atoms with van der Waals surface area (Å²) in [5.41, 5.74) is 1.99. The summed E-state index contributed by atoms with van der Waals surface area (Å²) in [6.07, 6.45) is -1.61. The summed E-state index contributed by atoms with van der Waals surface area (Å²) in [4.78, 5) is 10.5. The molecule has 0 spiro atoms. The molecule has 2 rings (SSSR count). The summed E-state index contributed by atoms with van der Waals surface area (Å²) in [5, 5.41) is 22.7. The number of carbonyl (C=O) groups is 1. The monoisotopic (exact) mass is 335 g/mol. The van der Waals surface area contributed by atoms with Crippen LogP contribution in [0.1, 0.15) is 25.5 Å². The van der Waals surface area contributed by atoms with E-state index in [-0.39, 0.29) is 5.56 Å². The van der Waals surface area contributed by atoms with Crippen LogP contribution in [0.4, 0.5) is 0 Å². The number of carbonyl (C=O) groups excluding carboxylic acids is 1. The molecule has 5 heteroatoms. The highest BCUT2D eigenvalue weighted by molar-refractivity contribution is 6.33. The van der Waals surface area contributed by atoms with Gasteiger partial charge in [-0.3, -0.25) is 0 Å². The fourth-order valence-electron chi connectivity index (χ4n) is 1.97. The third-order valence-corrected chi connectivity index (χ3v) is 3.54. The van der Waals surface area contributed by atoms with Crippen molar-refractivity contribution in [3.05, 3.63) is 59.1 Å². The largest absolute Gasteiger partial charge is 0.547 e. The van der Waals surface area contributed by atoms with Gasteiger partial charge >= 0.3 is 0 Å². The molecule has 0 saturated carbocycles. The molecule has 0 heterocycles. The molecule has 0 bridgehead atoms. The van der Waals surface area contributed by atoms with Crippen LogP contribution in [0, 0.1) is 0 Å². The Bertz CT molecular complexity index is 612. The van der Waals surface area contributed by atoms with Crippen LogP contribution in [0.15, 0.2) is 48.5 Å². The van der Waals surface area contributed by atoms with E-state index in [1.54, 1.807) is 30.3 Å². The number of rotatable bonds is 5. The molecule has 1 atom stereocenters. The Kier molecular flexibility index (Phi) is 8.33. The Labute approximate surface area is 141 Å². The van der Waals surface area contributed by atoms with E-state index in [2.05, 4.69) is 19.2 Å². The topological polar surface area (TPSA) is 77.0 Å². The summed E-state index contributed by atoms with van der Waals surface area (Å²) >= 11 is 6.06. The molecule has 23 heavy (non-hydrogen) atoms. The van der Waals surface area contributed by atoms with Gasteiger partial charge in [0, 0.05) is 10.6 Å². The fourth-order valence-corrected chi connectivity index (χ4v) is 2.21. The lowest BCUT2D eigenvalue weighted by molar-refractivity contribution is -0.648. The molecule has 4 nitrogen and oxygen atoms in total. The number of carboxylic acids is 1. The van der Waals surface area contributed by atoms with E-state index < -0.39 is 12.1 Å². The minimum Gasteiger partial charge on any atom is -0.547 e. The molecule has 2 aromatic rings. The molecule has 0 amide bonds. The van der Waals surface area contributed by atoms with Crippen LogP contribution < -0.4 is 10.4 Å². The highest BCUT2D eigenvalue weighted by atomic mass is 35.5. The highest BCUT2D eigenvalue weighted by Gasteiger charge is 2.09. The van der Waals surface area contributed by atoms with Crippen molar-refractivity contribution in [2.24, 2.45) is 0 Å². The predicted octanol–water partition coefficient (Wildman–Crippen LogP) is 1.38. The number of hydrogen-bond donors (Lipinski definition) is 2. The number of aliphatic carboxylic acids is 1. The average Bonchev–Trinajstić information content (AvgIpc) is 2.56. The minimum atomic E-state index is -1.61. The van der Waals surface area contributed by atoms with E-state index in [0.717, 1.165) is 11.1 Å². The molecule has 124 valence electrons. The summed E-state index contributed by atoms with van der Waals surface area (Å²) in [6.45, 7) is 6.75. The molecule has 2 aromatic carbocycles. The number of benzene rings is 2. The number of halogens is 1. The third-order valence-electron chi connectivity index (χ3n) is 3.21. The summed E-state index contributed by atoms with van der Waals surface area (Å²) < 4.78 is 0. The van der Waals surface area contributed by atoms with Crippen LogP contribution in [0.5, 0.6) is 0 Å². The summed E-state index contributed by atoms with van der Waals surface area (Å²) in [6, 6.07) is 13.8. The second kappa shape index (κ2) is 10.0. The van der Waals surface area contributed by atoms with Crippen LogP contribution >= 0.6 is 11.6 Å². The van der Waals surface area contributed by atoms with Gasteiger partial charge < -0.3 is 20.3 Å². The first-order valence-electron chi connectivity index (χ1n) is 7.56. The van der Waals surface area contributed by atoms with Gasteiger partial charge in [0.15, 0.2) is 0 Å². The lowest BCUT2D eigenvalue weighted by Gasteiger charge is -2.12. The summed E-state index contributed by atoms with van der Waals surface area (Å²) in [5.74, 6) is -1.51. The first-order valence-corrected chi connectivity index (χ1v) is 7.94. The first kappa shape index (κ1) is 19.2. The van der Waals surface area contributed by atoms with Crippen molar-refractivity contribution in [2.75, 3.05) is 13.1 Å². The zero-order valence-corrected chi connectivity index (χ0v) is 14.1. The van der Waals surface area contributed by atoms with E-state index in [9.17, 15) is 15.0 Å². The SMILES string of the molecule is CC[NH2+]CC.O=C([O-])C(O)c1ccc(-c2ccccc2Cl)cc1. The van der Waals surface area contributed by atoms with Crippen molar-refractivity contribution in [1.29, 1.82) is 0 Å². The fraction of sp³-hybridized carbons (Fsp3) is 0.278. The Balaban J connectivity index is 0.000000463.